The van der Waals surface area contributed by atoms with E-state index in [1.54, 1.807) is 13.8 Å². The van der Waals surface area contributed by atoms with Gasteiger partial charge in [-0.3, -0.25) is 4.79 Å². The number of hydrogen-bond donors (Lipinski definition) is 1. The second-order valence-electron chi connectivity index (χ2n) is 4.64. The van der Waals surface area contributed by atoms with Crippen LogP contribution in [0.25, 0.3) is 0 Å². The number of nitrogens with one attached hydrogen (secondary N) is 1. The molecule has 0 aromatic rings. The molecule has 5 nitrogen and oxygen atoms in total. The highest BCUT2D eigenvalue weighted by molar-refractivity contribution is 7.91. The van der Waals surface area contributed by atoms with Crippen molar-refractivity contribution in [3.63, 3.8) is 0 Å². The van der Waals surface area contributed by atoms with E-state index < -0.39 is 15.3 Å². The molecule has 1 fully saturated rings. The van der Waals surface area contributed by atoms with Crippen molar-refractivity contribution < 1.29 is 13.2 Å². The molecule has 1 rings (SSSR count). The Balaban J connectivity index is 2.53. The van der Waals surface area contributed by atoms with Gasteiger partial charge in [0.15, 0.2) is 0 Å². The SMILES string of the molecule is CC(C)(C#N)C(=O)NC1CCS(=O)(=O)CC1. The zero-order valence-corrected chi connectivity index (χ0v) is 10.3. The first-order valence-electron chi connectivity index (χ1n) is 5.19. The number of nitrogens with zero attached hydrogens (tertiary/aromatic N) is 1. The van der Waals surface area contributed by atoms with Crippen LogP contribution in [0.5, 0.6) is 0 Å². The van der Waals surface area contributed by atoms with Crippen LogP contribution in [0, 0.1) is 16.7 Å². The fraction of sp³-hybridized carbons (Fsp3) is 0.800. The predicted octanol–water partition coefficient (Wildman–Crippen LogP) is 0.230. The fourth-order valence-corrected chi connectivity index (χ4v) is 2.94. The summed E-state index contributed by atoms with van der Waals surface area (Å²) in [6, 6.07) is 1.80. The van der Waals surface area contributed by atoms with Gasteiger partial charge in [-0.15, -0.1) is 0 Å². The summed E-state index contributed by atoms with van der Waals surface area (Å²) in [5, 5.41) is 11.5. The van der Waals surface area contributed by atoms with E-state index in [0.29, 0.717) is 12.8 Å². The molecule has 0 bridgehead atoms. The van der Waals surface area contributed by atoms with Crippen LogP contribution in [0.15, 0.2) is 0 Å². The Labute approximate surface area is 95.7 Å². The van der Waals surface area contributed by atoms with E-state index in [-0.39, 0.29) is 23.5 Å². The largest absolute Gasteiger partial charge is 0.352 e. The molecular formula is C10H16N2O3S. The molecule has 1 saturated heterocycles. The van der Waals surface area contributed by atoms with Crippen LogP contribution in [0.1, 0.15) is 26.7 Å². The summed E-state index contributed by atoms with van der Waals surface area (Å²) >= 11 is 0. The molecule has 0 aliphatic carbocycles. The van der Waals surface area contributed by atoms with Crippen molar-refractivity contribution >= 4 is 15.7 Å². The summed E-state index contributed by atoms with van der Waals surface area (Å²) in [6.07, 6.45) is 0.880. The van der Waals surface area contributed by atoms with Crippen molar-refractivity contribution in [2.75, 3.05) is 11.5 Å². The first-order valence-corrected chi connectivity index (χ1v) is 7.01. The minimum Gasteiger partial charge on any atom is -0.352 e. The van der Waals surface area contributed by atoms with Crippen molar-refractivity contribution in [2.24, 2.45) is 5.41 Å². The maximum absolute atomic E-state index is 11.6. The Kier molecular flexibility index (Phi) is 3.58. The summed E-state index contributed by atoms with van der Waals surface area (Å²) in [5.74, 6) is -0.102. The zero-order chi connectivity index (χ0) is 12.4. The number of amides is 1. The lowest BCUT2D eigenvalue weighted by atomic mass is 9.94. The van der Waals surface area contributed by atoms with Crippen LogP contribution in [0.3, 0.4) is 0 Å². The third kappa shape index (κ3) is 3.20. The van der Waals surface area contributed by atoms with Crippen LogP contribution in [-0.2, 0) is 14.6 Å². The third-order valence-corrected chi connectivity index (χ3v) is 4.45. The monoisotopic (exact) mass is 244 g/mol. The summed E-state index contributed by atoms with van der Waals surface area (Å²) in [4.78, 5) is 11.6. The van der Waals surface area contributed by atoms with E-state index in [0.717, 1.165) is 0 Å². The lowest BCUT2D eigenvalue weighted by Gasteiger charge is -2.25. The van der Waals surface area contributed by atoms with Crippen molar-refractivity contribution in [3.05, 3.63) is 0 Å². The summed E-state index contributed by atoms with van der Waals surface area (Å²) < 4.78 is 22.3. The molecule has 0 spiro atoms. The van der Waals surface area contributed by atoms with Gasteiger partial charge in [0.1, 0.15) is 15.3 Å². The van der Waals surface area contributed by atoms with Gasteiger partial charge in [-0.1, -0.05) is 0 Å². The maximum Gasteiger partial charge on any atom is 0.240 e. The molecule has 0 atom stereocenters. The zero-order valence-electron chi connectivity index (χ0n) is 9.49. The first-order chi connectivity index (χ1) is 7.27. The molecular weight excluding hydrogens is 228 g/mol. The minimum absolute atomic E-state index is 0.116. The average molecular weight is 244 g/mol. The smallest absolute Gasteiger partial charge is 0.240 e. The lowest BCUT2D eigenvalue weighted by Crippen LogP contribution is -2.45. The van der Waals surface area contributed by atoms with Crippen LogP contribution in [0.2, 0.25) is 0 Å². The van der Waals surface area contributed by atoms with Crippen molar-refractivity contribution in [1.82, 2.24) is 5.32 Å². The normalized spacial score (nSPS) is 21.1. The second-order valence-corrected chi connectivity index (χ2v) is 6.94. The standard InChI is InChI=1S/C10H16N2O3S/c1-10(2,7-11)9(13)12-8-3-5-16(14,15)6-4-8/h8H,3-6H2,1-2H3,(H,12,13). The van der Waals surface area contributed by atoms with Crippen LogP contribution < -0.4 is 5.32 Å². The Hall–Kier alpha value is -1.09. The number of carbonyl (C=O) groups is 1. The predicted molar refractivity (Wildman–Crippen MR) is 59.2 cm³/mol. The number of nitriles is 1. The Morgan fingerprint density at radius 3 is 2.31 bits per heavy atom. The van der Waals surface area contributed by atoms with Gasteiger partial charge in [0.2, 0.25) is 5.91 Å². The Bertz CT molecular complexity index is 406. The summed E-state index contributed by atoms with van der Waals surface area (Å²) in [5.41, 5.74) is -1.06. The minimum atomic E-state index is -2.91. The van der Waals surface area contributed by atoms with Gasteiger partial charge in [-0.05, 0) is 26.7 Å². The van der Waals surface area contributed by atoms with Gasteiger partial charge in [0.25, 0.3) is 0 Å². The van der Waals surface area contributed by atoms with Crippen molar-refractivity contribution in [3.8, 4) is 6.07 Å². The average Bonchev–Trinajstić information content (AvgIpc) is 2.21. The Morgan fingerprint density at radius 2 is 1.88 bits per heavy atom. The third-order valence-electron chi connectivity index (χ3n) is 2.74. The fourth-order valence-electron chi connectivity index (χ4n) is 1.45. The molecule has 6 heteroatoms. The van der Waals surface area contributed by atoms with Gasteiger partial charge >= 0.3 is 0 Å². The Morgan fingerprint density at radius 1 is 1.38 bits per heavy atom. The van der Waals surface area contributed by atoms with E-state index >= 15 is 0 Å². The van der Waals surface area contributed by atoms with E-state index in [2.05, 4.69) is 5.32 Å². The number of rotatable bonds is 2. The summed E-state index contributed by atoms with van der Waals surface area (Å²) in [6.45, 7) is 3.09. The molecule has 1 aliphatic heterocycles. The number of hydrogen-bond acceptors (Lipinski definition) is 4. The van der Waals surface area contributed by atoms with E-state index in [1.807, 2.05) is 6.07 Å². The van der Waals surface area contributed by atoms with E-state index in [1.165, 1.54) is 0 Å². The highest BCUT2D eigenvalue weighted by atomic mass is 32.2. The molecule has 0 saturated carbocycles. The second kappa shape index (κ2) is 4.42. The van der Waals surface area contributed by atoms with E-state index in [4.69, 9.17) is 5.26 Å². The topological polar surface area (TPSA) is 87.0 Å². The van der Waals surface area contributed by atoms with E-state index in [9.17, 15) is 13.2 Å². The van der Waals surface area contributed by atoms with Crippen molar-refractivity contribution in [1.29, 1.82) is 5.26 Å². The maximum atomic E-state index is 11.6. The van der Waals surface area contributed by atoms with Crippen molar-refractivity contribution in [2.45, 2.75) is 32.7 Å². The highest BCUT2D eigenvalue weighted by Crippen LogP contribution is 2.17. The molecule has 1 heterocycles. The van der Waals surface area contributed by atoms with Gasteiger partial charge in [-0.25, -0.2) is 8.42 Å². The molecule has 90 valence electrons. The molecule has 1 aliphatic rings. The van der Waals surface area contributed by atoms with Gasteiger partial charge in [-0.2, -0.15) is 5.26 Å². The first kappa shape index (κ1) is 13.0. The van der Waals surface area contributed by atoms with Gasteiger partial charge < -0.3 is 5.32 Å². The van der Waals surface area contributed by atoms with Gasteiger partial charge in [0, 0.05) is 6.04 Å². The molecule has 16 heavy (non-hydrogen) atoms. The molecule has 1 N–H and O–H groups in total. The highest BCUT2D eigenvalue weighted by Gasteiger charge is 2.31. The molecule has 0 aromatic heterocycles. The number of sulfone groups is 1. The molecule has 0 aromatic carbocycles. The van der Waals surface area contributed by atoms with Crippen LogP contribution in [0.4, 0.5) is 0 Å². The molecule has 0 unspecified atom stereocenters. The van der Waals surface area contributed by atoms with Crippen LogP contribution >= 0.6 is 0 Å². The number of carbonyl (C=O) groups excluding carboxylic acids is 1. The quantitative estimate of drug-likeness (QED) is 0.753. The summed E-state index contributed by atoms with van der Waals surface area (Å²) in [7, 11) is -2.91. The van der Waals surface area contributed by atoms with Crippen LogP contribution in [-0.4, -0.2) is 31.9 Å². The molecule has 0 radical (unpaired) electrons. The van der Waals surface area contributed by atoms with Gasteiger partial charge in [0.05, 0.1) is 17.6 Å². The lowest BCUT2D eigenvalue weighted by molar-refractivity contribution is -0.127. The molecule has 1 amide bonds.